The summed E-state index contributed by atoms with van der Waals surface area (Å²) in [4.78, 5) is 0. The SMILES string of the molecule is CNC(CC1CC2CCC1C2)c1cc(C)cc(Cl)c1. The quantitative estimate of drug-likeness (QED) is 0.839. The molecule has 1 aromatic carbocycles. The van der Waals surface area contributed by atoms with Gasteiger partial charge in [0, 0.05) is 11.1 Å². The van der Waals surface area contributed by atoms with Crippen LogP contribution in [0.5, 0.6) is 0 Å². The first-order chi connectivity index (χ1) is 9.15. The number of rotatable bonds is 4. The zero-order valence-electron chi connectivity index (χ0n) is 12.0. The van der Waals surface area contributed by atoms with Gasteiger partial charge in [-0.05, 0) is 80.7 Å². The van der Waals surface area contributed by atoms with Crippen LogP contribution in [0.25, 0.3) is 0 Å². The molecule has 2 heteroatoms. The van der Waals surface area contributed by atoms with Crippen molar-refractivity contribution in [1.29, 1.82) is 0 Å². The molecule has 0 heterocycles. The van der Waals surface area contributed by atoms with E-state index in [4.69, 9.17) is 11.6 Å². The van der Waals surface area contributed by atoms with Crippen molar-refractivity contribution >= 4 is 11.6 Å². The maximum absolute atomic E-state index is 6.20. The Morgan fingerprint density at radius 3 is 2.68 bits per heavy atom. The average Bonchev–Trinajstić information content (AvgIpc) is 2.96. The zero-order chi connectivity index (χ0) is 13.4. The molecule has 0 aromatic heterocycles. The van der Waals surface area contributed by atoms with E-state index in [0.29, 0.717) is 6.04 Å². The fourth-order valence-corrected chi connectivity index (χ4v) is 4.65. The van der Waals surface area contributed by atoms with Crippen molar-refractivity contribution in [1.82, 2.24) is 5.32 Å². The van der Waals surface area contributed by atoms with E-state index in [9.17, 15) is 0 Å². The molecule has 1 nitrogen and oxygen atoms in total. The van der Waals surface area contributed by atoms with Gasteiger partial charge in [-0.1, -0.05) is 24.1 Å². The van der Waals surface area contributed by atoms with Gasteiger partial charge in [-0.2, -0.15) is 0 Å². The number of nitrogens with one attached hydrogen (secondary N) is 1. The van der Waals surface area contributed by atoms with Gasteiger partial charge in [0.05, 0.1) is 0 Å². The van der Waals surface area contributed by atoms with Crippen LogP contribution >= 0.6 is 11.6 Å². The predicted molar refractivity (Wildman–Crippen MR) is 81.5 cm³/mol. The van der Waals surface area contributed by atoms with Crippen LogP contribution in [-0.4, -0.2) is 7.05 Å². The van der Waals surface area contributed by atoms with Crippen LogP contribution in [0.4, 0.5) is 0 Å². The normalized spacial score (nSPS) is 30.8. The Hall–Kier alpha value is -0.530. The third-order valence-electron chi connectivity index (χ3n) is 5.24. The van der Waals surface area contributed by atoms with Crippen LogP contribution in [-0.2, 0) is 0 Å². The van der Waals surface area contributed by atoms with E-state index in [-0.39, 0.29) is 0 Å². The molecule has 0 amide bonds. The van der Waals surface area contributed by atoms with Gasteiger partial charge in [0.15, 0.2) is 0 Å². The summed E-state index contributed by atoms with van der Waals surface area (Å²) in [5.41, 5.74) is 2.62. The first-order valence-corrected chi connectivity index (χ1v) is 7.98. The van der Waals surface area contributed by atoms with E-state index < -0.39 is 0 Å². The van der Waals surface area contributed by atoms with E-state index in [1.165, 1.54) is 43.2 Å². The second-order valence-corrected chi connectivity index (χ2v) is 7.01. The van der Waals surface area contributed by atoms with Gasteiger partial charge in [0.2, 0.25) is 0 Å². The van der Waals surface area contributed by atoms with Crippen LogP contribution in [0.1, 0.15) is 49.3 Å². The molecule has 2 aliphatic rings. The van der Waals surface area contributed by atoms with Gasteiger partial charge in [-0.25, -0.2) is 0 Å². The Bertz CT molecular complexity index is 436. The Kier molecular flexibility index (Phi) is 3.86. The fraction of sp³-hybridized carbons (Fsp3) is 0.647. The lowest BCUT2D eigenvalue weighted by Gasteiger charge is -2.27. The maximum atomic E-state index is 6.20. The number of hydrogen-bond donors (Lipinski definition) is 1. The summed E-state index contributed by atoms with van der Waals surface area (Å²) in [6.07, 6.45) is 7.19. The zero-order valence-corrected chi connectivity index (χ0v) is 12.7. The van der Waals surface area contributed by atoms with Crippen molar-refractivity contribution in [2.45, 2.75) is 45.1 Å². The highest BCUT2D eigenvalue weighted by molar-refractivity contribution is 6.30. The molecule has 2 aliphatic carbocycles. The second-order valence-electron chi connectivity index (χ2n) is 6.57. The fourth-order valence-electron chi connectivity index (χ4n) is 4.35. The summed E-state index contributed by atoms with van der Waals surface area (Å²) < 4.78 is 0. The number of halogens is 1. The first-order valence-electron chi connectivity index (χ1n) is 7.60. The third-order valence-corrected chi connectivity index (χ3v) is 5.46. The topological polar surface area (TPSA) is 12.0 Å². The molecule has 3 rings (SSSR count). The van der Waals surface area contributed by atoms with E-state index in [0.717, 1.165) is 22.8 Å². The maximum Gasteiger partial charge on any atom is 0.0411 e. The summed E-state index contributed by atoms with van der Waals surface area (Å²) in [6.45, 7) is 2.12. The number of hydrogen-bond acceptors (Lipinski definition) is 1. The van der Waals surface area contributed by atoms with Crippen LogP contribution < -0.4 is 5.32 Å². The molecule has 2 fully saturated rings. The molecule has 1 aromatic rings. The molecule has 0 aliphatic heterocycles. The van der Waals surface area contributed by atoms with Crippen molar-refractivity contribution in [3.8, 4) is 0 Å². The molecule has 104 valence electrons. The molecular formula is C17H24ClN. The Labute approximate surface area is 121 Å². The van der Waals surface area contributed by atoms with Crippen LogP contribution in [0, 0.1) is 24.7 Å². The first kappa shape index (κ1) is 13.5. The standard InChI is InChI=1S/C17H24ClN/c1-11-5-15(9-16(18)6-11)17(19-2)10-14-8-12-3-4-13(14)7-12/h5-6,9,12-14,17,19H,3-4,7-8,10H2,1-2H3. The molecule has 0 radical (unpaired) electrons. The van der Waals surface area contributed by atoms with E-state index in [2.05, 4.69) is 31.4 Å². The molecule has 0 spiro atoms. The average molecular weight is 278 g/mol. The number of aryl methyl sites for hydroxylation is 1. The summed E-state index contributed by atoms with van der Waals surface area (Å²) in [7, 11) is 2.08. The largest absolute Gasteiger partial charge is 0.313 e. The molecular weight excluding hydrogens is 254 g/mol. The van der Waals surface area contributed by atoms with Crippen molar-refractivity contribution in [2.75, 3.05) is 7.05 Å². The smallest absolute Gasteiger partial charge is 0.0411 e. The van der Waals surface area contributed by atoms with Gasteiger partial charge in [-0.15, -0.1) is 0 Å². The molecule has 4 atom stereocenters. The third kappa shape index (κ3) is 2.83. The number of fused-ring (bicyclic) bond motifs is 2. The lowest BCUT2D eigenvalue weighted by atomic mass is 9.82. The van der Waals surface area contributed by atoms with Crippen LogP contribution in [0.3, 0.4) is 0 Å². The highest BCUT2D eigenvalue weighted by Gasteiger charge is 2.40. The molecule has 19 heavy (non-hydrogen) atoms. The Morgan fingerprint density at radius 1 is 1.26 bits per heavy atom. The molecule has 2 saturated carbocycles. The second kappa shape index (κ2) is 5.46. The molecule has 4 unspecified atom stereocenters. The lowest BCUT2D eigenvalue weighted by molar-refractivity contribution is 0.284. The van der Waals surface area contributed by atoms with Gasteiger partial charge >= 0.3 is 0 Å². The Balaban J connectivity index is 1.73. The Morgan fingerprint density at radius 2 is 2.11 bits per heavy atom. The van der Waals surface area contributed by atoms with Gasteiger partial charge in [0.25, 0.3) is 0 Å². The summed E-state index contributed by atoms with van der Waals surface area (Å²) in [6, 6.07) is 6.90. The highest BCUT2D eigenvalue weighted by atomic mass is 35.5. The predicted octanol–water partition coefficient (Wildman–Crippen LogP) is 4.74. The molecule has 0 saturated heterocycles. The van der Waals surface area contributed by atoms with E-state index in [1.54, 1.807) is 0 Å². The van der Waals surface area contributed by atoms with Crippen LogP contribution in [0.15, 0.2) is 18.2 Å². The van der Waals surface area contributed by atoms with Gasteiger partial charge in [-0.3, -0.25) is 0 Å². The minimum absolute atomic E-state index is 0.460. The summed E-state index contributed by atoms with van der Waals surface area (Å²) in [5, 5.41) is 4.36. The molecule has 1 N–H and O–H groups in total. The van der Waals surface area contributed by atoms with Crippen molar-refractivity contribution in [3.05, 3.63) is 34.3 Å². The van der Waals surface area contributed by atoms with Gasteiger partial charge < -0.3 is 5.32 Å². The van der Waals surface area contributed by atoms with Gasteiger partial charge in [0.1, 0.15) is 0 Å². The molecule has 2 bridgehead atoms. The van der Waals surface area contributed by atoms with Crippen molar-refractivity contribution in [2.24, 2.45) is 17.8 Å². The summed E-state index contributed by atoms with van der Waals surface area (Å²) >= 11 is 6.20. The summed E-state index contributed by atoms with van der Waals surface area (Å²) in [5.74, 6) is 2.96. The van der Waals surface area contributed by atoms with Crippen molar-refractivity contribution in [3.63, 3.8) is 0 Å². The monoisotopic (exact) mass is 277 g/mol. The minimum atomic E-state index is 0.460. The highest BCUT2D eigenvalue weighted by Crippen LogP contribution is 2.50. The van der Waals surface area contributed by atoms with E-state index >= 15 is 0 Å². The number of benzene rings is 1. The van der Waals surface area contributed by atoms with Crippen LogP contribution in [0.2, 0.25) is 5.02 Å². The minimum Gasteiger partial charge on any atom is -0.313 e. The lowest BCUT2D eigenvalue weighted by Crippen LogP contribution is -2.22. The van der Waals surface area contributed by atoms with E-state index in [1.807, 2.05) is 6.07 Å². The van der Waals surface area contributed by atoms with Crippen molar-refractivity contribution < 1.29 is 0 Å².